The first-order valence-corrected chi connectivity index (χ1v) is 6.97. The highest BCUT2D eigenvalue weighted by molar-refractivity contribution is 9.10. The average molecular weight is 346 g/mol. The summed E-state index contributed by atoms with van der Waals surface area (Å²) in [6.45, 7) is 4.84. The molecule has 0 fully saturated rings. The molecule has 1 amide bonds. The van der Waals surface area contributed by atoms with Crippen LogP contribution in [0.2, 0.25) is 0 Å². The van der Waals surface area contributed by atoms with Crippen molar-refractivity contribution in [3.8, 4) is 5.75 Å². The number of rotatable bonds is 6. The number of ketones is 1. The Labute approximate surface area is 125 Å². The van der Waals surface area contributed by atoms with Gasteiger partial charge in [0.25, 0.3) is 5.91 Å². The molecule has 4 nitrogen and oxygen atoms in total. The van der Waals surface area contributed by atoms with Crippen molar-refractivity contribution in [2.45, 2.75) is 26.8 Å². The monoisotopic (exact) mass is 345 g/mol. The van der Waals surface area contributed by atoms with Gasteiger partial charge in [-0.25, -0.2) is 4.39 Å². The number of Topliss-reactive ketones (excluding diaryl/α,β-unsaturated/α-hetero) is 1. The van der Waals surface area contributed by atoms with Crippen LogP contribution in [-0.2, 0) is 9.59 Å². The molecule has 0 spiro atoms. The number of hydrogen-bond donors (Lipinski definition) is 1. The molecule has 110 valence electrons. The van der Waals surface area contributed by atoms with Gasteiger partial charge in [-0.3, -0.25) is 9.59 Å². The maximum absolute atomic E-state index is 13.1. The van der Waals surface area contributed by atoms with Crippen molar-refractivity contribution in [2.75, 3.05) is 6.61 Å². The van der Waals surface area contributed by atoms with Crippen LogP contribution in [-0.4, -0.2) is 24.3 Å². The van der Waals surface area contributed by atoms with E-state index in [1.807, 2.05) is 13.8 Å². The number of hydrogen-bond acceptors (Lipinski definition) is 3. The molecule has 1 N–H and O–H groups in total. The van der Waals surface area contributed by atoms with Crippen LogP contribution in [0, 0.1) is 11.7 Å². The molecule has 20 heavy (non-hydrogen) atoms. The fourth-order valence-electron chi connectivity index (χ4n) is 1.71. The Bertz CT molecular complexity index is 485. The second-order valence-electron chi connectivity index (χ2n) is 4.79. The van der Waals surface area contributed by atoms with Gasteiger partial charge in [0.2, 0.25) is 0 Å². The van der Waals surface area contributed by atoms with Crippen molar-refractivity contribution in [1.82, 2.24) is 5.32 Å². The van der Waals surface area contributed by atoms with Gasteiger partial charge in [0.1, 0.15) is 11.6 Å². The highest BCUT2D eigenvalue weighted by Gasteiger charge is 2.20. The van der Waals surface area contributed by atoms with Crippen LogP contribution in [0.15, 0.2) is 22.7 Å². The smallest absolute Gasteiger partial charge is 0.258 e. The zero-order valence-corrected chi connectivity index (χ0v) is 13.2. The highest BCUT2D eigenvalue weighted by atomic mass is 79.9. The fourth-order valence-corrected chi connectivity index (χ4v) is 2.16. The zero-order chi connectivity index (χ0) is 15.3. The number of halogens is 2. The first-order chi connectivity index (χ1) is 9.29. The molecule has 0 radical (unpaired) electrons. The third-order valence-corrected chi connectivity index (χ3v) is 3.08. The van der Waals surface area contributed by atoms with Crippen LogP contribution in [0.1, 0.15) is 20.8 Å². The lowest BCUT2D eigenvalue weighted by Gasteiger charge is -2.19. The van der Waals surface area contributed by atoms with Gasteiger partial charge < -0.3 is 10.1 Å². The standard InChI is InChI=1S/C14H17BrFNO3/c1-8(2)14(9(3)18)17-13(19)7-20-12-5-10(15)4-11(16)6-12/h4-6,8,14H,7H2,1-3H3,(H,17,19). The topological polar surface area (TPSA) is 55.4 Å². The third-order valence-electron chi connectivity index (χ3n) is 2.63. The number of benzene rings is 1. The van der Waals surface area contributed by atoms with Gasteiger partial charge in [0.05, 0.1) is 6.04 Å². The zero-order valence-electron chi connectivity index (χ0n) is 11.6. The Hall–Kier alpha value is -1.43. The molecule has 6 heteroatoms. The average Bonchev–Trinajstić information content (AvgIpc) is 2.31. The summed E-state index contributed by atoms with van der Waals surface area (Å²) < 4.78 is 18.8. The second-order valence-corrected chi connectivity index (χ2v) is 5.71. The molecule has 1 atom stereocenters. The maximum atomic E-state index is 13.1. The molecule has 0 bridgehead atoms. The second kappa shape index (κ2) is 7.38. The van der Waals surface area contributed by atoms with E-state index < -0.39 is 17.8 Å². The molecule has 0 heterocycles. The SMILES string of the molecule is CC(=O)C(NC(=O)COc1cc(F)cc(Br)c1)C(C)C. The van der Waals surface area contributed by atoms with Crippen molar-refractivity contribution < 1.29 is 18.7 Å². The van der Waals surface area contributed by atoms with E-state index in [2.05, 4.69) is 21.2 Å². The summed E-state index contributed by atoms with van der Waals surface area (Å²) in [4.78, 5) is 23.1. The molecule has 1 rings (SSSR count). The minimum absolute atomic E-state index is 0.000218. The molecular formula is C14H17BrFNO3. The summed E-state index contributed by atoms with van der Waals surface area (Å²) in [5.74, 6) is -0.740. The molecule has 0 saturated carbocycles. The highest BCUT2D eigenvalue weighted by Crippen LogP contribution is 2.20. The lowest BCUT2D eigenvalue weighted by molar-refractivity contribution is -0.129. The predicted molar refractivity (Wildman–Crippen MR) is 77.0 cm³/mol. The summed E-state index contributed by atoms with van der Waals surface area (Å²) in [5.41, 5.74) is 0. The maximum Gasteiger partial charge on any atom is 0.258 e. The number of ether oxygens (including phenoxy) is 1. The Morgan fingerprint density at radius 1 is 1.35 bits per heavy atom. The minimum Gasteiger partial charge on any atom is -0.484 e. The summed E-state index contributed by atoms with van der Waals surface area (Å²) in [6, 6.07) is 3.49. The van der Waals surface area contributed by atoms with Gasteiger partial charge in [0.15, 0.2) is 12.4 Å². The molecular weight excluding hydrogens is 329 g/mol. The normalized spacial score (nSPS) is 12.1. The summed E-state index contributed by atoms with van der Waals surface area (Å²) in [6.07, 6.45) is 0. The molecule has 0 aliphatic rings. The van der Waals surface area contributed by atoms with Crippen molar-refractivity contribution in [2.24, 2.45) is 5.92 Å². The van der Waals surface area contributed by atoms with Crippen molar-refractivity contribution in [1.29, 1.82) is 0 Å². The fraction of sp³-hybridized carbons (Fsp3) is 0.429. The summed E-state index contributed by atoms with van der Waals surface area (Å²) in [5, 5.41) is 2.60. The van der Waals surface area contributed by atoms with Crippen LogP contribution < -0.4 is 10.1 Å². The van der Waals surface area contributed by atoms with E-state index in [4.69, 9.17) is 4.74 Å². The largest absolute Gasteiger partial charge is 0.484 e. The molecule has 0 saturated heterocycles. The van der Waals surface area contributed by atoms with Gasteiger partial charge in [-0.2, -0.15) is 0 Å². The quantitative estimate of drug-likeness (QED) is 0.862. The van der Waals surface area contributed by atoms with Gasteiger partial charge in [-0.15, -0.1) is 0 Å². The number of carbonyl (C=O) groups excluding carboxylic acids is 2. The van der Waals surface area contributed by atoms with Crippen molar-refractivity contribution >= 4 is 27.6 Å². The van der Waals surface area contributed by atoms with Crippen LogP contribution >= 0.6 is 15.9 Å². The Morgan fingerprint density at radius 3 is 2.50 bits per heavy atom. The van der Waals surface area contributed by atoms with E-state index in [1.54, 1.807) is 6.07 Å². The predicted octanol–water partition coefficient (Wildman–Crippen LogP) is 2.70. The lowest BCUT2D eigenvalue weighted by Crippen LogP contribution is -2.45. The van der Waals surface area contributed by atoms with Crippen LogP contribution in [0.25, 0.3) is 0 Å². The number of nitrogens with one attached hydrogen (secondary N) is 1. The molecule has 0 aliphatic heterocycles. The molecule has 0 aliphatic carbocycles. The van der Waals surface area contributed by atoms with Crippen LogP contribution in [0.4, 0.5) is 4.39 Å². The van der Waals surface area contributed by atoms with E-state index in [9.17, 15) is 14.0 Å². The van der Waals surface area contributed by atoms with Gasteiger partial charge in [-0.05, 0) is 25.0 Å². The van der Waals surface area contributed by atoms with Gasteiger partial charge in [-0.1, -0.05) is 29.8 Å². The van der Waals surface area contributed by atoms with E-state index >= 15 is 0 Å². The van der Waals surface area contributed by atoms with Crippen molar-refractivity contribution in [3.63, 3.8) is 0 Å². The van der Waals surface area contributed by atoms with Crippen molar-refractivity contribution in [3.05, 3.63) is 28.5 Å². The Kier molecular flexibility index (Phi) is 6.13. The number of carbonyl (C=O) groups is 2. The summed E-state index contributed by atoms with van der Waals surface area (Å²) in [7, 11) is 0. The third kappa shape index (κ3) is 5.28. The molecule has 0 aromatic heterocycles. The lowest BCUT2D eigenvalue weighted by atomic mass is 10.0. The minimum atomic E-state index is -0.537. The van der Waals surface area contributed by atoms with E-state index in [0.717, 1.165) is 0 Å². The molecule has 1 aromatic rings. The first kappa shape index (κ1) is 16.6. The van der Waals surface area contributed by atoms with Gasteiger partial charge >= 0.3 is 0 Å². The van der Waals surface area contributed by atoms with E-state index in [1.165, 1.54) is 19.1 Å². The van der Waals surface area contributed by atoms with E-state index in [0.29, 0.717) is 4.47 Å². The molecule has 1 aromatic carbocycles. The Morgan fingerprint density at radius 2 is 2.00 bits per heavy atom. The number of amides is 1. The van der Waals surface area contributed by atoms with E-state index in [-0.39, 0.29) is 24.1 Å². The Balaban J connectivity index is 2.56. The summed E-state index contributed by atoms with van der Waals surface area (Å²) >= 11 is 3.13. The first-order valence-electron chi connectivity index (χ1n) is 6.18. The van der Waals surface area contributed by atoms with Gasteiger partial charge in [0, 0.05) is 10.5 Å². The van der Waals surface area contributed by atoms with Crippen LogP contribution in [0.3, 0.4) is 0 Å². The molecule has 1 unspecified atom stereocenters. The van der Waals surface area contributed by atoms with Crippen LogP contribution in [0.5, 0.6) is 5.75 Å².